The van der Waals surface area contributed by atoms with Crippen molar-refractivity contribution in [3.63, 3.8) is 0 Å². The summed E-state index contributed by atoms with van der Waals surface area (Å²) in [4.78, 5) is 0. The second kappa shape index (κ2) is 7.41. The molecule has 1 aromatic rings. The molecule has 0 aliphatic carbocycles. The lowest BCUT2D eigenvalue weighted by Gasteiger charge is -2.21. The smallest absolute Gasteiger partial charge is 0.0576 e. The summed E-state index contributed by atoms with van der Waals surface area (Å²) < 4.78 is 6.94. The quantitative estimate of drug-likeness (QED) is 0.838. The molecule has 0 amide bonds. The standard InChI is InChI=1S/C16H24BrNO/c1-3-18-16(9-7-13-5-4-10-19-13)14-8-6-12(2)11-15(14)17/h6,8,11,13,16,18H,3-5,7,9-10H2,1-2H3. The molecule has 0 saturated carbocycles. The molecule has 1 saturated heterocycles. The van der Waals surface area contributed by atoms with Gasteiger partial charge in [-0.05, 0) is 56.3 Å². The second-order valence-electron chi connectivity index (χ2n) is 5.35. The van der Waals surface area contributed by atoms with Crippen molar-refractivity contribution in [1.29, 1.82) is 0 Å². The van der Waals surface area contributed by atoms with Gasteiger partial charge in [0.1, 0.15) is 0 Å². The van der Waals surface area contributed by atoms with Gasteiger partial charge in [-0.3, -0.25) is 0 Å². The van der Waals surface area contributed by atoms with Crippen LogP contribution in [0.1, 0.15) is 49.8 Å². The molecule has 0 bridgehead atoms. The van der Waals surface area contributed by atoms with Crippen LogP contribution in [0, 0.1) is 6.92 Å². The van der Waals surface area contributed by atoms with Crippen LogP contribution in [0.5, 0.6) is 0 Å². The Labute approximate surface area is 125 Å². The Morgan fingerprint density at radius 3 is 2.95 bits per heavy atom. The highest BCUT2D eigenvalue weighted by Crippen LogP contribution is 2.29. The molecule has 2 unspecified atom stereocenters. The molecule has 0 spiro atoms. The van der Waals surface area contributed by atoms with E-state index in [2.05, 4.69) is 53.3 Å². The zero-order valence-electron chi connectivity index (χ0n) is 11.9. The van der Waals surface area contributed by atoms with Crippen molar-refractivity contribution in [3.8, 4) is 0 Å². The number of ether oxygens (including phenoxy) is 1. The Kier molecular flexibility index (Phi) is 5.86. The summed E-state index contributed by atoms with van der Waals surface area (Å²) in [6.07, 6.45) is 5.22. The van der Waals surface area contributed by atoms with E-state index in [0.717, 1.165) is 26.0 Å². The van der Waals surface area contributed by atoms with Gasteiger partial charge in [-0.25, -0.2) is 0 Å². The second-order valence-corrected chi connectivity index (χ2v) is 6.20. The molecule has 1 N–H and O–H groups in total. The molecule has 2 rings (SSSR count). The number of hydrogen-bond acceptors (Lipinski definition) is 2. The van der Waals surface area contributed by atoms with Gasteiger partial charge in [-0.2, -0.15) is 0 Å². The van der Waals surface area contributed by atoms with Crippen LogP contribution in [-0.4, -0.2) is 19.3 Å². The van der Waals surface area contributed by atoms with Gasteiger partial charge >= 0.3 is 0 Å². The molecule has 3 heteroatoms. The molecule has 19 heavy (non-hydrogen) atoms. The summed E-state index contributed by atoms with van der Waals surface area (Å²) >= 11 is 3.70. The minimum Gasteiger partial charge on any atom is -0.378 e. The number of halogens is 1. The van der Waals surface area contributed by atoms with Gasteiger partial charge in [-0.1, -0.05) is 35.0 Å². The molecular formula is C16H24BrNO. The average Bonchev–Trinajstić information content (AvgIpc) is 2.88. The number of benzene rings is 1. The van der Waals surface area contributed by atoms with Crippen molar-refractivity contribution >= 4 is 15.9 Å². The summed E-state index contributed by atoms with van der Waals surface area (Å²) in [6, 6.07) is 7.05. The Morgan fingerprint density at radius 1 is 1.47 bits per heavy atom. The normalized spacial score (nSPS) is 20.7. The maximum atomic E-state index is 5.73. The molecule has 1 aliphatic heterocycles. The molecular weight excluding hydrogens is 302 g/mol. The Balaban J connectivity index is 2.01. The van der Waals surface area contributed by atoms with Gasteiger partial charge in [0.15, 0.2) is 0 Å². The minimum atomic E-state index is 0.421. The van der Waals surface area contributed by atoms with Gasteiger partial charge in [0.05, 0.1) is 6.10 Å². The zero-order valence-corrected chi connectivity index (χ0v) is 13.5. The van der Waals surface area contributed by atoms with Gasteiger partial charge in [0, 0.05) is 17.1 Å². The van der Waals surface area contributed by atoms with Gasteiger partial charge in [0.25, 0.3) is 0 Å². The van der Waals surface area contributed by atoms with Crippen LogP contribution in [0.3, 0.4) is 0 Å². The van der Waals surface area contributed by atoms with E-state index < -0.39 is 0 Å². The maximum Gasteiger partial charge on any atom is 0.0576 e. The van der Waals surface area contributed by atoms with Crippen molar-refractivity contribution in [3.05, 3.63) is 33.8 Å². The Morgan fingerprint density at radius 2 is 2.32 bits per heavy atom. The summed E-state index contributed by atoms with van der Waals surface area (Å²) in [5.41, 5.74) is 2.66. The van der Waals surface area contributed by atoms with Crippen LogP contribution in [0.2, 0.25) is 0 Å². The van der Waals surface area contributed by atoms with E-state index in [1.807, 2.05) is 0 Å². The fraction of sp³-hybridized carbons (Fsp3) is 0.625. The SMILES string of the molecule is CCNC(CCC1CCCO1)c1ccc(C)cc1Br. The van der Waals surface area contributed by atoms with Crippen molar-refractivity contribution in [1.82, 2.24) is 5.32 Å². The van der Waals surface area contributed by atoms with E-state index in [9.17, 15) is 0 Å². The molecule has 1 aliphatic rings. The van der Waals surface area contributed by atoms with Gasteiger partial charge in [-0.15, -0.1) is 0 Å². The molecule has 1 fully saturated rings. The largest absolute Gasteiger partial charge is 0.378 e. The third-order valence-electron chi connectivity index (χ3n) is 3.78. The monoisotopic (exact) mass is 325 g/mol. The lowest BCUT2D eigenvalue weighted by molar-refractivity contribution is 0.0996. The maximum absolute atomic E-state index is 5.73. The molecule has 2 nitrogen and oxygen atoms in total. The van der Waals surface area contributed by atoms with Crippen molar-refractivity contribution in [2.75, 3.05) is 13.2 Å². The molecule has 0 aromatic heterocycles. The first-order chi connectivity index (χ1) is 9.20. The lowest BCUT2D eigenvalue weighted by Crippen LogP contribution is -2.22. The summed E-state index contributed by atoms with van der Waals surface area (Å²) in [7, 11) is 0. The van der Waals surface area contributed by atoms with Crippen LogP contribution in [0.15, 0.2) is 22.7 Å². The van der Waals surface area contributed by atoms with Gasteiger partial charge < -0.3 is 10.1 Å². The zero-order chi connectivity index (χ0) is 13.7. The number of hydrogen-bond donors (Lipinski definition) is 1. The van der Waals surface area contributed by atoms with Crippen LogP contribution >= 0.6 is 15.9 Å². The Bertz CT molecular complexity index is 402. The molecule has 1 heterocycles. The fourth-order valence-electron chi connectivity index (χ4n) is 2.75. The Hall–Kier alpha value is -0.380. The van der Waals surface area contributed by atoms with E-state index in [-0.39, 0.29) is 0 Å². The van der Waals surface area contributed by atoms with E-state index in [0.29, 0.717) is 12.1 Å². The third-order valence-corrected chi connectivity index (χ3v) is 4.47. The highest BCUT2D eigenvalue weighted by molar-refractivity contribution is 9.10. The predicted octanol–water partition coefficient (Wildman–Crippen LogP) is 4.37. The molecule has 2 atom stereocenters. The number of nitrogens with one attached hydrogen (secondary N) is 1. The molecule has 0 radical (unpaired) electrons. The minimum absolute atomic E-state index is 0.421. The average molecular weight is 326 g/mol. The fourth-order valence-corrected chi connectivity index (χ4v) is 3.52. The van der Waals surface area contributed by atoms with E-state index in [4.69, 9.17) is 4.74 Å². The summed E-state index contributed by atoms with van der Waals surface area (Å²) in [5, 5.41) is 3.60. The van der Waals surface area contributed by atoms with Gasteiger partial charge in [0.2, 0.25) is 0 Å². The van der Waals surface area contributed by atoms with E-state index in [1.54, 1.807) is 0 Å². The van der Waals surface area contributed by atoms with Crippen LogP contribution < -0.4 is 5.32 Å². The predicted molar refractivity (Wildman–Crippen MR) is 83.5 cm³/mol. The van der Waals surface area contributed by atoms with E-state index >= 15 is 0 Å². The highest BCUT2D eigenvalue weighted by Gasteiger charge is 2.19. The number of rotatable bonds is 6. The van der Waals surface area contributed by atoms with Crippen LogP contribution in [0.25, 0.3) is 0 Å². The molecule has 106 valence electrons. The van der Waals surface area contributed by atoms with Crippen LogP contribution in [0.4, 0.5) is 0 Å². The van der Waals surface area contributed by atoms with Crippen LogP contribution in [-0.2, 0) is 4.74 Å². The summed E-state index contributed by atoms with van der Waals surface area (Å²) in [6.45, 7) is 6.24. The van der Waals surface area contributed by atoms with Crippen molar-refractivity contribution < 1.29 is 4.74 Å². The first-order valence-corrected chi connectivity index (χ1v) is 8.11. The summed E-state index contributed by atoms with van der Waals surface area (Å²) in [5.74, 6) is 0. The molecule has 1 aromatic carbocycles. The number of aryl methyl sites for hydroxylation is 1. The highest BCUT2D eigenvalue weighted by atomic mass is 79.9. The van der Waals surface area contributed by atoms with Crippen molar-refractivity contribution in [2.45, 2.75) is 51.7 Å². The van der Waals surface area contributed by atoms with E-state index in [1.165, 1.54) is 28.4 Å². The lowest BCUT2D eigenvalue weighted by atomic mass is 9.98. The first kappa shape index (κ1) is 15.0. The van der Waals surface area contributed by atoms with Crippen molar-refractivity contribution in [2.24, 2.45) is 0 Å². The third kappa shape index (κ3) is 4.30. The first-order valence-electron chi connectivity index (χ1n) is 7.31. The topological polar surface area (TPSA) is 21.3 Å².